The number of fused-ring (bicyclic) bond motifs is 1. The smallest absolute Gasteiger partial charge is 0.163 e. The molecule has 1 N–H and O–H groups in total. The molecular formula is C15H18ClN3O2. The first-order chi connectivity index (χ1) is 10.1. The Morgan fingerprint density at radius 2 is 2.00 bits per heavy atom. The van der Waals surface area contributed by atoms with Crippen molar-refractivity contribution in [2.75, 3.05) is 18.5 Å². The van der Waals surface area contributed by atoms with Crippen LogP contribution in [0.1, 0.15) is 25.5 Å². The van der Waals surface area contributed by atoms with Gasteiger partial charge in [0.25, 0.3) is 0 Å². The standard InChI is InChI=1S/C15H18ClN3O2/c1-10(2)19-9-11(8-18-19)7-17-13-6-15-14(5-12(13)16)20-3-4-21-15/h5-6,8-10,17H,3-4,7H2,1-2H3. The van der Waals surface area contributed by atoms with Crippen molar-refractivity contribution < 1.29 is 9.47 Å². The van der Waals surface area contributed by atoms with Crippen LogP contribution < -0.4 is 14.8 Å². The second kappa shape index (κ2) is 5.85. The highest BCUT2D eigenvalue weighted by atomic mass is 35.5. The van der Waals surface area contributed by atoms with Crippen molar-refractivity contribution in [1.29, 1.82) is 0 Å². The molecule has 2 aromatic rings. The first-order valence-corrected chi connectivity index (χ1v) is 7.37. The number of hydrogen-bond donors (Lipinski definition) is 1. The van der Waals surface area contributed by atoms with Crippen molar-refractivity contribution in [3.8, 4) is 11.5 Å². The van der Waals surface area contributed by atoms with E-state index in [4.69, 9.17) is 21.1 Å². The normalized spacial score (nSPS) is 13.5. The second-order valence-electron chi connectivity index (χ2n) is 5.25. The molecule has 0 amide bonds. The second-order valence-corrected chi connectivity index (χ2v) is 5.66. The summed E-state index contributed by atoms with van der Waals surface area (Å²) >= 11 is 6.26. The van der Waals surface area contributed by atoms with Crippen molar-refractivity contribution in [2.45, 2.75) is 26.4 Å². The summed E-state index contributed by atoms with van der Waals surface area (Å²) in [4.78, 5) is 0. The van der Waals surface area contributed by atoms with Crippen LogP contribution in [-0.4, -0.2) is 23.0 Å². The van der Waals surface area contributed by atoms with Crippen molar-refractivity contribution in [3.63, 3.8) is 0 Å². The van der Waals surface area contributed by atoms with Gasteiger partial charge in [-0.25, -0.2) is 0 Å². The molecule has 3 rings (SSSR count). The van der Waals surface area contributed by atoms with E-state index in [1.54, 1.807) is 6.07 Å². The molecule has 6 heteroatoms. The van der Waals surface area contributed by atoms with Gasteiger partial charge in [0.2, 0.25) is 0 Å². The number of rotatable bonds is 4. The average Bonchev–Trinajstić information content (AvgIpc) is 2.94. The molecule has 2 heterocycles. The zero-order valence-electron chi connectivity index (χ0n) is 12.1. The van der Waals surface area contributed by atoms with Crippen LogP contribution in [0.5, 0.6) is 11.5 Å². The maximum atomic E-state index is 6.26. The molecule has 0 fully saturated rings. The third-order valence-corrected chi connectivity index (χ3v) is 3.61. The van der Waals surface area contributed by atoms with Gasteiger partial charge in [-0.1, -0.05) is 11.6 Å². The van der Waals surface area contributed by atoms with E-state index in [-0.39, 0.29) is 0 Å². The summed E-state index contributed by atoms with van der Waals surface area (Å²) in [7, 11) is 0. The van der Waals surface area contributed by atoms with Gasteiger partial charge in [0.05, 0.1) is 16.9 Å². The Bertz CT molecular complexity index is 640. The third kappa shape index (κ3) is 3.08. The minimum absolute atomic E-state index is 0.358. The summed E-state index contributed by atoms with van der Waals surface area (Å²) in [5.74, 6) is 1.43. The SMILES string of the molecule is CC(C)n1cc(CNc2cc3c(cc2Cl)OCCO3)cn1. The maximum Gasteiger partial charge on any atom is 0.163 e. The van der Waals surface area contributed by atoms with Crippen molar-refractivity contribution in [3.05, 3.63) is 35.1 Å². The summed E-state index contributed by atoms with van der Waals surface area (Å²) in [6.45, 7) is 5.98. The molecule has 1 aromatic carbocycles. The first-order valence-electron chi connectivity index (χ1n) is 6.99. The molecule has 0 saturated heterocycles. The van der Waals surface area contributed by atoms with Gasteiger partial charge in [-0.05, 0) is 13.8 Å². The summed E-state index contributed by atoms with van der Waals surface area (Å²) in [6.07, 6.45) is 3.89. The van der Waals surface area contributed by atoms with E-state index in [1.165, 1.54) is 0 Å². The van der Waals surface area contributed by atoms with Crippen molar-refractivity contribution in [2.24, 2.45) is 0 Å². The van der Waals surface area contributed by atoms with Gasteiger partial charge in [0, 0.05) is 36.5 Å². The maximum absolute atomic E-state index is 6.26. The Balaban J connectivity index is 1.72. The fourth-order valence-electron chi connectivity index (χ4n) is 2.15. The monoisotopic (exact) mass is 307 g/mol. The zero-order valence-corrected chi connectivity index (χ0v) is 12.9. The largest absolute Gasteiger partial charge is 0.486 e. The van der Waals surface area contributed by atoms with Crippen LogP contribution in [0.4, 0.5) is 5.69 Å². The number of ether oxygens (including phenoxy) is 2. The van der Waals surface area contributed by atoms with E-state index < -0.39 is 0 Å². The van der Waals surface area contributed by atoms with E-state index in [1.807, 2.05) is 23.1 Å². The van der Waals surface area contributed by atoms with Crippen LogP contribution in [0.25, 0.3) is 0 Å². The van der Waals surface area contributed by atoms with Crippen LogP contribution in [-0.2, 0) is 6.54 Å². The Kier molecular flexibility index (Phi) is 3.92. The lowest BCUT2D eigenvalue weighted by molar-refractivity contribution is 0.171. The molecule has 1 aromatic heterocycles. The van der Waals surface area contributed by atoms with Gasteiger partial charge >= 0.3 is 0 Å². The molecule has 0 atom stereocenters. The molecule has 0 unspecified atom stereocenters. The van der Waals surface area contributed by atoms with Crippen LogP contribution in [0.15, 0.2) is 24.5 Å². The lowest BCUT2D eigenvalue weighted by Gasteiger charge is -2.20. The van der Waals surface area contributed by atoms with Crippen LogP contribution in [0.3, 0.4) is 0 Å². The average molecular weight is 308 g/mol. The summed E-state index contributed by atoms with van der Waals surface area (Å²) < 4.78 is 13.0. The Hall–Kier alpha value is -1.88. The molecule has 1 aliphatic rings. The fraction of sp³-hybridized carbons (Fsp3) is 0.400. The molecular weight excluding hydrogens is 290 g/mol. The van der Waals surface area contributed by atoms with E-state index >= 15 is 0 Å². The van der Waals surface area contributed by atoms with Gasteiger partial charge in [-0.3, -0.25) is 4.68 Å². The Labute approximate surface area is 128 Å². The molecule has 5 nitrogen and oxygen atoms in total. The lowest BCUT2D eigenvalue weighted by atomic mass is 10.2. The summed E-state index contributed by atoms with van der Waals surface area (Å²) in [6, 6.07) is 4.02. The number of halogens is 1. The van der Waals surface area contributed by atoms with Crippen molar-refractivity contribution >= 4 is 17.3 Å². The number of hydrogen-bond acceptors (Lipinski definition) is 4. The van der Waals surface area contributed by atoms with Gasteiger partial charge < -0.3 is 14.8 Å². The quantitative estimate of drug-likeness (QED) is 0.939. The van der Waals surface area contributed by atoms with E-state index in [0.29, 0.717) is 36.6 Å². The van der Waals surface area contributed by atoms with E-state index in [0.717, 1.165) is 17.0 Å². The van der Waals surface area contributed by atoms with Gasteiger partial charge in [0.1, 0.15) is 13.2 Å². The predicted octanol–water partition coefficient (Wildman–Crippen LogP) is 3.50. The molecule has 1 aliphatic heterocycles. The molecule has 0 bridgehead atoms. The van der Waals surface area contributed by atoms with E-state index in [2.05, 4.69) is 24.3 Å². The van der Waals surface area contributed by atoms with Crippen LogP contribution in [0, 0.1) is 0 Å². The lowest BCUT2D eigenvalue weighted by Crippen LogP contribution is -2.15. The summed E-state index contributed by atoms with van der Waals surface area (Å²) in [5.41, 5.74) is 1.94. The van der Waals surface area contributed by atoms with Crippen LogP contribution >= 0.6 is 11.6 Å². The molecule has 0 spiro atoms. The first kappa shape index (κ1) is 14.1. The molecule has 0 aliphatic carbocycles. The molecule has 112 valence electrons. The van der Waals surface area contributed by atoms with Gasteiger partial charge in [-0.2, -0.15) is 5.10 Å². The number of nitrogens with zero attached hydrogens (tertiary/aromatic N) is 2. The zero-order chi connectivity index (χ0) is 14.8. The minimum atomic E-state index is 0.358. The number of anilines is 1. The van der Waals surface area contributed by atoms with E-state index in [9.17, 15) is 0 Å². The Morgan fingerprint density at radius 3 is 2.67 bits per heavy atom. The Morgan fingerprint density at radius 1 is 1.29 bits per heavy atom. The van der Waals surface area contributed by atoms with Crippen LogP contribution in [0.2, 0.25) is 5.02 Å². The topological polar surface area (TPSA) is 48.3 Å². The highest BCUT2D eigenvalue weighted by Gasteiger charge is 2.15. The molecule has 0 saturated carbocycles. The molecule has 0 radical (unpaired) electrons. The minimum Gasteiger partial charge on any atom is -0.486 e. The van der Waals surface area contributed by atoms with Gasteiger partial charge in [0.15, 0.2) is 11.5 Å². The van der Waals surface area contributed by atoms with Crippen molar-refractivity contribution in [1.82, 2.24) is 9.78 Å². The highest BCUT2D eigenvalue weighted by molar-refractivity contribution is 6.33. The summed E-state index contributed by atoms with van der Waals surface area (Å²) in [5, 5.41) is 8.25. The molecule has 21 heavy (non-hydrogen) atoms. The fourth-order valence-corrected chi connectivity index (χ4v) is 2.37. The number of aromatic nitrogens is 2. The highest BCUT2D eigenvalue weighted by Crippen LogP contribution is 2.38. The third-order valence-electron chi connectivity index (χ3n) is 3.30. The predicted molar refractivity (Wildman–Crippen MR) is 82.4 cm³/mol. The number of nitrogens with one attached hydrogen (secondary N) is 1. The number of benzene rings is 1. The van der Waals surface area contributed by atoms with Gasteiger partial charge in [-0.15, -0.1) is 0 Å².